The molecule has 114 valence electrons. The minimum atomic E-state index is -4.65. The summed E-state index contributed by atoms with van der Waals surface area (Å²) in [7, 11) is 1.14. The van der Waals surface area contributed by atoms with Gasteiger partial charge in [-0.05, 0) is 12.1 Å². The van der Waals surface area contributed by atoms with Crippen LogP contribution in [0.5, 0.6) is 0 Å². The summed E-state index contributed by atoms with van der Waals surface area (Å²) in [5, 5.41) is 11.2. The van der Waals surface area contributed by atoms with Crippen molar-refractivity contribution in [3.63, 3.8) is 0 Å². The Balaban J connectivity index is 1.96. The number of Topliss-reactive ketones (excluding diaryl/α,β-unsaturated/α-hetero) is 1. The summed E-state index contributed by atoms with van der Waals surface area (Å²) >= 11 is 0. The number of nitrogens with zero attached hydrogens (tertiary/aromatic N) is 5. The third-order valence-corrected chi connectivity index (χ3v) is 3.22. The molecular weight excluding hydrogens is 299 g/mol. The molecule has 0 N–H and O–H groups in total. The minimum Gasteiger partial charge on any atom is -0.292 e. The van der Waals surface area contributed by atoms with Crippen molar-refractivity contribution in [3.8, 4) is 0 Å². The van der Waals surface area contributed by atoms with Crippen molar-refractivity contribution in [3.05, 3.63) is 41.7 Å². The number of hydrogen-bond acceptors (Lipinski definition) is 4. The average Bonchev–Trinajstić information content (AvgIpc) is 3.02. The molecule has 3 aromatic rings. The van der Waals surface area contributed by atoms with Gasteiger partial charge in [-0.25, -0.2) is 4.68 Å². The van der Waals surface area contributed by atoms with Gasteiger partial charge in [0.2, 0.25) is 0 Å². The fourth-order valence-corrected chi connectivity index (χ4v) is 2.23. The highest BCUT2D eigenvalue weighted by Crippen LogP contribution is 2.31. The molecule has 0 saturated heterocycles. The maximum absolute atomic E-state index is 13.0. The molecule has 22 heavy (non-hydrogen) atoms. The molecular formula is C13H10F3N5O. The van der Waals surface area contributed by atoms with E-state index in [1.807, 2.05) is 0 Å². The van der Waals surface area contributed by atoms with E-state index in [-0.39, 0.29) is 6.54 Å². The number of alkyl halides is 3. The van der Waals surface area contributed by atoms with E-state index in [1.165, 1.54) is 4.68 Å². The first-order chi connectivity index (χ1) is 10.4. The first kappa shape index (κ1) is 14.2. The Morgan fingerprint density at radius 1 is 1.27 bits per heavy atom. The Morgan fingerprint density at radius 2 is 2.00 bits per heavy atom. The highest BCUT2D eigenvalue weighted by molar-refractivity contribution is 5.97. The van der Waals surface area contributed by atoms with Gasteiger partial charge < -0.3 is 0 Å². The summed E-state index contributed by atoms with van der Waals surface area (Å²) in [6.45, 7) is -0.338. The van der Waals surface area contributed by atoms with Crippen LogP contribution in [-0.4, -0.2) is 30.6 Å². The molecule has 0 aliphatic heterocycles. The Hall–Kier alpha value is -2.71. The maximum atomic E-state index is 13.0. The number of fused-ring (bicyclic) bond motifs is 1. The van der Waals surface area contributed by atoms with Crippen LogP contribution >= 0.6 is 0 Å². The monoisotopic (exact) mass is 309 g/mol. The van der Waals surface area contributed by atoms with Crippen LogP contribution in [0.2, 0.25) is 0 Å². The van der Waals surface area contributed by atoms with Gasteiger partial charge in [0.15, 0.2) is 11.5 Å². The number of aryl methyl sites for hydroxylation is 1. The summed E-state index contributed by atoms with van der Waals surface area (Å²) < 4.78 is 40.9. The van der Waals surface area contributed by atoms with E-state index < -0.39 is 23.2 Å². The van der Waals surface area contributed by atoms with E-state index in [1.54, 1.807) is 24.3 Å². The third-order valence-electron chi connectivity index (χ3n) is 3.22. The molecule has 0 saturated carbocycles. The van der Waals surface area contributed by atoms with Crippen LogP contribution in [0.1, 0.15) is 16.1 Å². The molecule has 3 rings (SSSR count). The molecule has 0 fully saturated rings. The van der Waals surface area contributed by atoms with Crippen molar-refractivity contribution < 1.29 is 18.0 Å². The normalized spacial score (nSPS) is 12.0. The van der Waals surface area contributed by atoms with Gasteiger partial charge in [-0.15, -0.1) is 5.10 Å². The number of carbonyl (C=O) groups excluding carboxylic acids is 1. The van der Waals surface area contributed by atoms with Gasteiger partial charge in [0.1, 0.15) is 12.1 Å². The first-order valence-corrected chi connectivity index (χ1v) is 6.28. The highest BCUT2D eigenvalue weighted by Gasteiger charge is 2.39. The van der Waals surface area contributed by atoms with Crippen molar-refractivity contribution in [2.45, 2.75) is 12.7 Å². The van der Waals surface area contributed by atoms with Crippen LogP contribution in [0.4, 0.5) is 13.2 Å². The van der Waals surface area contributed by atoms with Crippen LogP contribution in [0.25, 0.3) is 11.0 Å². The molecule has 9 heteroatoms. The van der Waals surface area contributed by atoms with Gasteiger partial charge in [0.05, 0.1) is 17.3 Å². The Morgan fingerprint density at radius 3 is 2.73 bits per heavy atom. The second kappa shape index (κ2) is 4.93. The average molecular weight is 309 g/mol. The van der Waals surface area contributed by atoms with E-state index in [4.69, 9.17) is 0 Å². The smallest absolute Gasteiger partial charge is 0.292 e. The number of halogens is 3. The molecule has 0 unspecified atom stereocenters. The summed E-state index contributed by atoms with van der Waals surface area (Å²) in [6, 6.07) is 6.88. The van der Waals surface area contributed by atoms with E-state index in [2.05, 4.69) is 15.4 Å². The number of para-hydroxylation sites is 1. The zero-order chi connectivity index (χ0) is 15.9. The Bertz CT molecular complexity index is 849. The summed E-state index contributed by atoms with van der Waals surface area (Å²) in [6.07, 6.45) is -3.73. The zero-order valence-electron chi connectivity index (χ0n) is 11.4. The van der Waals surface area contributed by atoms with Crippen LogP contribution in [0.3, 0.4) is 0 Å². The highest BCUT2D eigenvalue weighted by atomic mass is 19.4. The van der Waals surface area contributed by atoms with E-state index in [0.29, 0.717) is 15.7 Å². The number of ketones is 1. The van der Waals surface area contributed by atoms with Crippen LogP contribution in [-0.2, 0) is 19.8 Å². The predicted molar refractivity (Wildman–Crippen MR) is 70.1 cm³/mol. The lowest BCUT2D eigenvalue weighted by atomic mass is 10.1. The van der Waals surface area contributed by atoms with Gasteiger partial charge in [-0.1, -0.05) is 17.3 Å². The quantitative estimate of drug-likeness (QED) is 0.695. The maximum Gasteiger partial charge on any atom is 0.433 e. The molecule has 0 atom stereocenters. The van der Waals surface area contributed by atoms with Crippen LogP contribution in [0.15, 0.2) is 30.5 Å². The number of rotatable bonds is 3. The Kier molecular flexibility index (Phi) is 3.19. The molecule has 0 spiro atoms. The van der Waals surface area contributed by atoms with Crippen molar-refractivity contribution in [1.29, 1.82) is 0 Å². The summed E-state index contributed by atoms with van der Waals surface area (Å²) in [5.74, 6) is -0.726. The predicted octanol–water partition coefficient (Wildman–Crippen LogP) is 2.07. The SMILES string of the molecule is Cn1ncc(C(=O)Cn2nnc3ccccc32)c1C(F)(F)F. The Labute approximate surface area is 122 Å². The lowest BCUT2D eigenvalue weighted by molar-refractivity contribution is -0.144. The summed E-state index contributed by atoms with van der Waals surface area (Å²) in [4.78, 5) is 12.2. The van der Waals surface area contributed by atoms with Crippen LogP contribution in [0, 0.1) is 0 Å². The van der Waals surface area contributed by atoms with E-state index in [0.717, 1.165) is 13.2 Å². The number of carbonyl (C=O) groups is 1. The van der Waals surface area contributed by atoms with Crippen molar-refractivity contribution in [2.75, 3.05) is 0 Å². The summed E-state index contributed by atoms with van der Waals surface area (Å²) in [5.41, 5.74) is -0.401. The van der Waals surface area contributed by atoms with Crippen LogP contribution < -0.4 is 0 Å². The van der Waals surface area contributed by atoms with Crippen molar-refractivity contribution in [2.24, 2.45) is 7.05 Å². The number of benzene rings is 1. The molecule has 1 aromatic carbocycles. The van der Waals surface area contributed by atoms with E-state index >= 15 is 0 Å². The molecule has 0 aliphatic rings. The molecule has 0 bridgehead atoms. The first-order valence-electron chi connectivity index (χ1n) is 6.28. The molecule has 2 aromatic heterocycles. The van der Waals surface area contributed by atoms with Gasteiger partial charge in [0.25, 0.3) is 0 Å². The largest absolute Gasteiger partial charge is 0.433 e. The zero-order valence-corrected chi connectivity index (χ0v) is 11.4. The fraction of sp³-hybridized carbons (Fsp3) is 0.231. The number of hydrogen-bond donors (Lipinski definition) is 0. The standard InChI is InChI=1S/C13H10F3N5O/c1-20-12(13(14,15)16)8(6-17-20)11(22)7-21-10-5-3-2-4-9(10)18-19-21/h2-6H,7H2,1H3. The number of aromatic nitrogens is 5. The van der Waals surface area contributed by atoms with E-state index in [9.17, 15) is 18.0 Å². The van der Waals surface area contributed by atoms with Gasteiger partial charge in [-0.3, -0.25) is 9.48 Å². The lowest BCUT2D eigenvalue weighted by Crippen LogP contribution is -2.19. The van der Waals surface area contributed by atoms with Gasteiger partial charge >= 0.3 is 6.18 Å². The van der Waals surface area contributed by atoms with Gasteiger partial charge in [0, 0.05) is 7.05 Å². The van der Waals surface area contributed by atoms with Crippen molar-refractivity contribution >= 4 is 16.8 Å². The molecule has 2 heterocycles. The lowest BCUT2D eigenvalue weighted by Gasteiger charge is -2.09. The van der Waals surface area contributed by atoms with Gasteiger partial charge in [-0.2, -0.15) is 18.3 Å². The molecule has 0 aliphatic carbocycles. The topological polar surface area (TPSA) is 65.6 Å². The second-order valence-corrected chi connectivity index (χ2v) is 4.69. The second-order valence-electron chi connectivity index (χ2n) is 4.69. The fourth-order valence-electron chi connectivity index (χ4n) is 2.23. The minimum absolute atomic E-state index is 0.338. The molecule has 0 amide bonds. The molecule has 6 nitrogen and oxygen atoms in total. The molecule has 0 radical (unpaired) electrons. The third kappa shape index (κ3) is 2.34. The van der Waals surface area contributed by atoms with Crippen molar-refractivity contribution in [1.82, 2.24) is 24.8 Å².